The summed E-state index contributed by atoms with van der Waals surface area (Å²) in [5, 5.41) is 11.6. The number of aromatic amines is 1. The Hall–Kier alpha value is -3.27. The normalized spacial score (nSPS) is 24.3. The van der Waals surface area contributed by atoms with Crippen molar-refractivity contribution in [2.24, 2.45) is 10.5 Å². The van der Waals surface area contributed by atoms with Crippen LogP contribution in [0.15, 0.2) is 29.6 Å². The summed E-state index contributed by atoms with van der Waals surface area (Å²) < 4.78 is 13.4. The maximum absolute atomic E-state index is 13.4. The molecule has 2 aromatic rings. The van der Waals surface area contributed by atoms with E-state index < -0.39 is 17.1 Å². The number of nitrogens with one attached hydrogen (secondary N) is 3. The molecule has 11 heteroatoms. The van der Waals surface area contributed by atoms with Crippen LogP contribution < -0.4 is 15.6 Å². The molecule has 0 radical (unpaired) electrons. The highest BCUT2D eigenvalue weighted by molar-refractivity contribution is 6.34. The number of hydrogen-bond acceptors (Lipinski definition) is 5. The summed E-state index contributed by atoms with van der Waals surface area (Å²) in [5.74, 6) is -1.45. The van der Waals surface area contributed by atoms with E-state index in [-0.39, 0.29) is 40.3 Å². The Morgan fingerprint density at radius 1 is 1.15 bits per heavy atom. The maximum Gasteiger partial charge on any atom is 0.272 e. The van der Waals surface area contributed by atoms with Crippen LogP contribution in [0.1, 0.15) is 66.4 Å². The minimum absolute atomic E-state index is 0.0810. The van der Waals surface area contributed by atoms with Gasteiger partial charge in [-0.3, -0.25) is 14.4 Å². The molecule has 0 bridgehead atoms. The van der Waals surface area contributed by atoms with E-state index in [2.05, 4.69) is 25.7 Å². The monoisotopic (exact) mass is 486 g/mol. The van der Waals surface area contributed by atoms with E-state index >= 15 is 0 Å². The average molecular weight is 487 g/mol. The lowest BCUT2D eigenvalue weighted by molar-refractivity contribution is -0.125. The summed E-state index contributed by atoms with van der Waals surface area (Å²) in [6.45, 7) is 1.81. The van der Waals surface area contributed by atoms with Crippen LogP contribution in [0.4, 0.5) is 10.1 Å². The largest absolute Gasteiger partial charge is 0.348 e. The molecular weight excluding hydrogens is 463 g/mol. The Balaban J connectivity index is 1.24. The van der Waals surface area contributed by atoms with Gasteiger partial charge in [0.2, 0.25) is 0 Å². The van der Waals surface area contributed by atoms with Crippen LogP contribution in [-0.2, 0) is 4.79 Å². The van der Waals surface area contributed by atoms with E-state index in [0.29, 0.717) is 37.1 Å². The summed E-state index contributed by atoms with van der Waals surface area (Å²) >= 11 is 6.16. The van der Waals surface area contributed by atoms with Gasteiger partial charge in [-0.2, -0.15) is 10.1 Å². The Morgan fingerprint density at radius 2 is 1.82 bits per heavy atom. The zero-order valence-corrected chi connectivity index (χ0v) is 19.3. The number of amides is 3. The molecule has 1 aromatic heterocycles. The van der Waals surface area contributed by atoms with E-state index in [1.807, 2.05) is 6.92 Å². The van der Waals surface area contributed by atoms with E-state index in [9.17, 15) is 18.8 Å². The summed E-state index contributed by atoms with van der Waals surface area (Å²) in [7, 11) is 0. The fourth-order valence-corrected chi connectivity index (χ4v) is 4.92. The number of nitrogens with zero attached hydrogens (tertiary/aromatic N) is 3. The molecule has 3 aliphatic rings. The van der Waals surface area contributed by atoms with Gasteiger partial charge in [0.15, 0.2) is 5.69 Å². The first-order chi connectivity index (χ1) is 16.3. The number of benzene rings is 1. The number of carbonyl (C=O) groups excluding carboxylic acids is 3. The fraction of sp³-hybridized carbons (Fsp3) is 0.435. The summed E-state index contributed by atoms with van der Waals surface area (Å²) in [5.41, 5.74) is 0.455. The Bertz CT molecular complexity index is 1200. The van der Waals surface area contributed by atoms with Crippen molar-refractivity contribution in [3.63, 3.8) is 0 Å². The molecule has 178 valence electrons. The highest BCUT2D eigenvalue weighted by Gasteiger charge is 2.51. The number of imidazole rings is 1. The molecule has 2 aliphatic carbocycles. The SMILES string of the molecule is CC1=NN(c2ccc(F)cc2Cl)C(=O)C12CCC(NC(=O)c1[nH]cnc1C(=O)NC1CC1)CC2. The number of H-pyrrole nitrogens is 1. The molecule has 2 fully saturated rings. The molecule has 0 atom stereocenters. The molecule has 2 saturated carbocycles. The number of anilines is 1. The number of carbonyl (C=O) groups is 3. The lowest BCUT2D eigenvalue weighted by Crippen LogP contribution is -2.47. The van der Waals surface area contributed by atoms with Gasteiger partial charge in [0.05, 0.1) is 28.2 Å². The third kappa shape index (κ3) is 3.96. The van der Waals surface area contributed by atoms with Crippen LogP contribution in [0.25, 0.3) is 0 Å². The quantitative estimate of drug-likeness (QED) is 0.601. The minimum atomic E-state index is -0.776. The maximum atomic E-state index is 13.4. The van der Waals surface area contributed by atoms with Crippen molar-refractivity contribution in [2.75, 3.05) is 5.01 Å². The average Bonchev–Trinajstić information content (AvgIpc) is 3.41. The predicted octanol–water partition coefficient (Wildman–Crippen LogP) is 3.18. The Kier molecular flexibility index (Phi) is 5.63. The van der Waals surface area contributed by atoms with Gasteiger partial charge >= 0.3 is 0 Å². The summed E-state index contributed by atoms with van der Waals surface area (Å²) in [6.07, 6.45) is 5.33. The second-order valence-electron chi connectivity index (χ2n) is 9.10. The number of hydrogen-bond donors (Lipinski definition) is 3. The summed E-state index contributed by atoms with van der Waals surface area (Å²) in [6, 6.07) is 3.84. The second kappa shape index (κ2) is 8.50. The van der Waals surface area contributed by atoms with Crippen LogP contribution >= 0.6 is 11.6 Å². The van der Waals surface area contributed by atoms with Crippen molar-refractivity contribution in [1.82, 2.24) is 20.6 Å². The van der Waals surface area contributed by atoms with Gasteiger partial charge < -0.3 is 15.6 Å². The van der Waals surface area contributed by atoms with Crippen LogP contribution in [0.5, 0.6) is 0 Å². The van der Waals surface area contributed by atoms with Crippen LogP contribution in [0, 0.1) is 11.2 Å². The molecule has 2 heterocycles. The van der Waals surface area contributed by atoms with Gasteiger partial charge in [0.25, 0.3) is 17.7 Å². The lowest BCUT2D eigenvalue weighted by Gasteiger charge is -2.36. The van der Waals surface area contributed by atoms with Crippen molar-refractivity contribution in [3.8, 4) is 0 Å². The molecular formula is C23H24ClFN6O3. The fourth-order valence-electron chi connectivity index (χ4n) is 4.67. The van der Waals surface area contributed by atoms with Gasteiger partial charge in [-0.25, -0.2) is 9.37 Å². The van der Waals surface area contributed by atoms with Gasteiger partial charge in [-0.05, 0) is 63.6 Å². The van der Waals surface area contributed by atoms with Gasteiger partial charge in [0.1, 0.15) is 11.5 Å². The molecule has 5 rings (SSSR count). The van der Waals surface area contributed by atoms with Crippen molar-refractivity contribution in [2.45, 2.75) is 57.5 Å². The zero-order valence-electron chi connectivity index (χ0n) is 18.5. The van der Waals surface area contributed by atoms with Crippen LogP contribution in [-0.4, -0.2) is 45.5 Å². The molecule has 3 amide bonds. The molecule has 34 heavy (non-hydrogen) atoms. The molecule has 0 saturated heterocycles. The van der Waals surface area contributed by atoms with Gasteiger partial charge in [-0.1, -0.05) is 11.6 Å². The third-order valence-corrected chi connectivity index (χ3v) is 7.15. The van der Waals surface area contributed by atoms with Crippen molar-refractivity contribution in [3.05, 3.63) is 46.8 Å². The summed E-state index contributed by atoms with van der Waals surface area (Å²) in [4.78, 5) is 45.3. The zero-order chi connectivity index (χ0) is 24.0. The number of rotatable bonds is 5. The molecule has 1 aromatic carbocycles. The molecule has 9 nitrogen and oxygen atoms in total. The highest BCUT2D eigenvalue weighted by Crippen LogP contribution is 2.45. The molecule has 3 N–H and O–H groups in total. The standard InChI is InChI=1S/C23H24ClFN6O3/c1-12-23(22(34)31(30-12)17-5-2-13(25)10-16(17)24)8-6-15(7-9-23)29-21(33)19-18(26-11-27-19)20(32)28-14-3-4-14/h2,5,10-11,14-15H,3-4,6-9H2,1H3,(H,26,27)(H,28,32)(H,29,33). The first-order valence-electron chi connectivity index (χ1n) is 11.3. The van der Waals surface area contributed by atoms with Crippen molar-refractivity contribution < 1.29 is 18.8 Å². The molecule has 1 aliphatic heterocycles. The van der Waals surface area contributed by atoms with E-state index in [1.165, 1.54) is 23.5 Å². The lowest BCUT2D eigenvalue weighted by atomic mass is 9.69. The number of aromatic nitrogens is 2. The third-order valence-electron chi connectivity index (χ3n) is 6.85. The van der Waals surface area contributed by atoms with Gasteiger partial charge in [-0.15, -0.1) is 0 Å². The number of hydrazone groups is 1. The minimum Gasteiger partial charge on any atom is -0.348 e. The van der Waals surface area contributed by atoms with Crippen molar-refractivity contribution >= 4 is 40.7 Å². The van der Waals surface area contributed by atoms with Gasteiger partial charge in [0, 0.05) is 12.1 Å². The predicted molar refractivity (Wildman–Crippen MR) is 123 cm³/mol. The van der Waals surface area contributed by atoms with Crippen LogP contribution in [0.2, 0.25) is 5.02 Å². The Morgan fingerprint density at radius 3 is 2.50 bits per heavy atom. The van der Waals surface area contributed by atoms with Crippen LogP contribution in [0.3, 0.4) is 0 Å². The first-order valence-corrected chi connectivity index (χ1v) is 11.7. The van der Waals surface area contributed by atoms with E-state index in [0.717, 1.165) is 18.9 Å². The Labute approximate surface area is 200 Å². The van der Waals surface area contributed by atoms with E-state index in [4.69, 9.17) is 11.6 Å². The number of halogens is 2. The second-order valence-corrected chi connectivity index (χ2v) is 9.51. The molecule has 1 spiro atoms. The first kappa shape index (κ1) is 22.5. The topological polar surface area (TPSA) is 120 Å². The molecule has 0 unspecified atom stereocenters. The smallest absolute Gasteiger partial charge is 0.272 e. The highest BCUT2D eigenvalue weighted by atomic mass is 35.5. The van der Waals surface area contributed by atoms with Crippen molar-refractivity contribution in [1.29, 1.82) is 0 Å². The van der Waals surface area contributed by atoms with E-state index in [1.54, 1.807) is 0 Å².